The first kappa shape index (κ1) is 12.7. The third-order valence-corrected chi connectivity index (χ3v) is 2.36. The molecular weight excluding hydrogens is 246 g/mol. The van der Waals surface area contributed by atoms with Crippen molar-refractivity contribution in [3.8, 4) is 0 Å². The highest BCUT2D eigenvalue weighted by Gasteiger charge is 2.10. The van der Waals surface area contributed by atoms with E-state index in [1.807, 2.05) is 6.07 Å². The smallest absolute Gasteiger partial charge is 0.354 e. The molecule has 0 saturated heterocycles. The number of carboxylic acids is 1. The molecule has 2 N–H and O–H groups in total. The number of carboxylic acid groups (broad SMARTS) is 1. The molecule has 0 spiro atoms. The lowest BCUT2D eigenvalue weighted by molar-refractivity contribution is 0.0690. The van der Waals surface area contributed by atoms with Crippen LogP contribution >= 0.6 is 0 Å². The van der Waals surface area contributed by atoms with Crippen LogP contribution in [0.3, 0.4) is 0 Å². The highest BCUT2D eigenvalue weighted by Crippen LogP contribution is 2.00. The number of nitrogens with zero attached hydrogens (tertiary/aromatic N) is 2. The summed E-state index contributed by atoms with van der Waals surface area (Å²) >= 11 is 0. The van der Waals surface area contributed by atoms with Crippen LogP contribution in [0.5, 0.6) is 0 Å². The number of hydrogen-bond acceptors (Lipinski definition) is 4. The number of aromatic nitrogens is 2. The van der Waals surface area contributed by atoms with Crippen LogP contribution in [0.15, 0.2) is 42.6 Å². The number of rotatable bonds is 4. The van der Waals surface area contributed by atoms with Crippen molar-refractivity contribution < 1.29 is 14.7 Å². The first-order chi connectivity index (χ1) is 9.16. The summed E-state index contributed by atoms with van der Waals surface area (Å²) in [5.41, 5.74) is 0.617. The minimum absolute atomic E-state index is 0.0656. The molecule has 96 valence electrons. The van der Waals surface area contributed by atoms with Crippen LogP contribution < -0.4 is 5.32 Å². The summed E-state index contributed by atoms with van der Waals surface area (Å²) in [5.74, 6) is -1.60. The van der Waals surface area contributed by atoms with Gasteiger partial charge in [0.25, 0.3) is 5.91 Å². The average Bonchev–Trinajstić information content (AvgIpc) is 2.46. The summed E-state index contributed by atoms with van der Waals surface area (Å²) in [6.45, 7) is 0.263. The maximum absolute atomic E-state index is 11.8. The summed E-state index contributed by atoms with van der Waals surface area (Å²) in [5, 5.41) is 11.4. The van der Waals surface area contributed by atoms with E-state index in [1.54, 1.807) is 18.3 Å². The first-order valence-corrected chi connectivity index (χ1v) is 5.55. The van der Waals surface area contributed by atoms with Crippen LogP contribution in [-0.2, 0) is 6.54 Å². The van der Waals surface area contributed by atoms with Crippen molar-refractivity contribution in [2.24, 2.45) is 0 Å². The molecule has 6 nitrogen and oxygen atoms in total. The minimum Gasteiger partial charge on any atom is -0.477 e. The number of carbonyl (C=O) groups excluding carboxylic acids is 1. The predicted octanol–water partition coefficient (Wildman–Crippen LogP) is 1.10. The fraction of sp³-hybridized carbons (Fsp3) is 0.0769. The molecule has 0 radical (unpaired) electrons. The largest absolute Gasteiger partial charge is 0.477 e. The number of amides is 1. The Morgan fingerprint density at radius 1 is 1.11 bits per heavy atom. The van der Waals surface area contributed by atoms with E-state index >= 15 is 0 Å². The van der Waals surface area contributed by atoms with Gasteiger partial charge < -0.3 is 10.4 Å². The van der Waals surface area contributed by atoms with Crippen molar-refractivity contribution in [2.75, 3.05) is 0 Å². The Morgan fingerprint density at radius 3 is 2.58 bits per heavy atom. The highest BCUT2D eigenvalue weighted by molar-refractivity contribution is 5.94. The SMILES string of the molecule is O=C(O)c1cccc(C(=O)NCc2ccccn2)n1. The molecule has 19 heavy (non-hydrogen) atoms. The second kappa shape index (κ2) is 5.72. The topological polar surface area (TPSA) is 92.2 Å². The van der Waals surface area contributed by atoms with Gasteiger partial charge in [-0.1, -0.05) is 12.1 Å². The lowest BCUT2D eigenvalue weighted by Gasteiger charge is -2.04. The Hall–Kier alpha value is -2.76. The molecule has 0 unspecified atom stereocenters. The Kier molecular flexibility index (Phi) is 3.82. The number of hydrogen-bond donors (Lipinski definition) is 2. The van der Waals surface area contributed by atoms with Crippen molar-refractivity contribution in [1.82, 2.24) is 15.3 Å². The fourth-order valence-corrected chi connectivity index (χ4v) is 1.44. The number of carbonyl (C=O) groups is 2. The van der Waals surface area contributed by atoms with Crippen molar-refractivity contribution in [1.29, 1.82) is 0 Å². The molecule has 0 fully saturated rings. The molecule has 1 amide bonds. The maximum atomic E-state index is 11.8. The minimum atomic E-state index is -1.17. The summed E-state index contributed by atoms with van der Waals surface area (Å²) in [4.78, 5) is 30.4. The van der Waals surface area contributed by atoms with Crippen LogP contribution in [0.4, 0.5) is 0 Å². The van der Waals surface area contributed by atoms with Gasteiger partial charge in [0.1, 0.15) is 11.4 Å². The standard InChI is InChI=1S/C13H11N3O3/c17-12(15-8-9-4-1-2-7-14-9)10-5-3-6-11(16-10)13(18)19/h1-7H,8H2,(H,15,17)(H,18,19). The van der Waals surface area contributed by atoms with E-state index in [0.29, 0.717) is 5.69 Å². The van der Waals surface area contributed by atoms with Crippen LogP contribution in [-0.4, -0.2) is 27.0 Å². The van der Waals surface area contributed by atoms with E-state index in [2.05, 4.69) is 15.3 Å². The Morgan fingerprint density at radius 2 is 1.89 bits per heavy atom. The van der Waals surface area contributed by atoms with Gasteiger partial charge >= 0.3 is 5.97 Å². The molecule has 0 aliphatic carbocycles. The summed E-state index contributed by atoms with van der Waals surface area (Å²) in [6.07, 6.45) is 1.63. The Bertz CT molecular complexity index is 599. The van der Waals surface area contributed by atoms with Crippen molar-refractivity contribution in [3.05, 3.63) is 59.7 Å². The van der Waals surface area contributed by atoms with E-state index < -0.39 is 11.9 Å². The molecule has 0 aliphatic heterocycles. The van der Waals surface area contributed by atoms with Gasteiger partial charge in [-0.25, -0.2) is 9.78 Å². The van der Waals surface area contributed by atoms with Gasteiger partial charge in [-0.15, -0.1) is 0 Å². The van der Waals surface area contributed by atoms with Gasteiger partial charge in [0.15, 0.2) is 0 Å². The van der Waals surface area contributed by atoms with E-state index in [-0.39, 0.29) is 17.9 Å². The zero-order valence-electron chi connectivity index (χ0n) is 9.91. The third kappa shape index (κ3) is 3.35. The van der Waals surface area contributed by atoms with Crippen LogP contribution in [0, 0.1) is 0 Å². The maximum Gasteiger partial charge on any atom is 0.354 e. The normalized spacial score (nSPS) is 9.89. The second-order valence-electron chi connectivity index (χ2n) is 3.72. The monoisotopic (exact) mass is 257 g/mol. The molecular formula is C13H11N3O3. The third-order valence-electron chi connectivity index (χ3n) is 2.36. The van der Waals surface area contributed by atoms with Crippen molar-refractivity contribution in [3.63, 3.8) is 0 Å². The highest BCUT2D eigenvalue weighted by atomic mass is 16.4. The molecule has 2 rings (SSSR count). The zero-order chi connectivity index (χ0) is 13.7. The van der Waals surface area contributed by atoms with Gasteiger partial charge in [0, 0.05) is 6.20 Å². The molecule has 0 atom stereocenters. The Labute approximate surface area is 109 Å². The van der Waals surface area contributed by atoms with Gasteiger partial charge in [-0.3, -0.25) is 9.78 Å². The summed E-state index contributed by atoms with van der Waals surface area (Å²) < 4.78 is 0. The van der Waals surface area contributed by atoms with E-state index in [0.717, 1.165) is 0 Å². The lowest BCUT2D eigenvalue weighted by Crippen LogP contribution is -2.24. The van der Waals surface area contributed by atoms with Crippen molar-refractivity contribution >= 4 is 11.9 Å². The first-order valence-electron chi connectivity index (χ1n) is 5.55. The summed E-state index contributed by atoms with van der Waals surface area (Å²) in [6, 6.07) is 9.65. The molecule has 0 aromatic carbocycles. The zero-order valence-corrected chi connectivity index (χ0v) is 9.91. The Balaban J connectivity index is 2.04. The number of nitrogens with one attached hydrogen (secondary N) is 1. The molecule has 2 aromatic heterocycles. The fourth-order valence-electron chi connectivity index (χ4n) is 1.44. The van der Waals surface area contributed by atoms with Gasteiger partial charge in [0.2, 0.25) is 0 Å². The van der Waals surface area contributed by atoms with Crippen molar-refractivity contribution in [2.45, 2.75) is 6.54 Å². The van der Waals surface area contributed by atoms with Gasteiger partial charge in [-0.2, -0.15) is 0 Å². The molecule has 0 saturated carbocycles. The van der Waals surface area contributed by atoms with Gasteiger partial charge in [0.05, 0.1) is 12.2 Å². The van der Waals surface area contributed by atoms with E-state index in [9.17, 15) is 9.59 Å². The molecule has 6 heteroatoms. The summed E-state index contributed by atoms with van der Waals surface area (Å²) in [7, 11) is 0. The van der Waals surface area contributed by atoms with Crippen LogP contribution in [0.25, 0.3) is 0 Å². The number of pyridine rings is 2. The van der Waals surface area contributed by atoms with Crippen LogP contribution in [0.2, 0.25) is 0 Å². The van der Waals surface area contributed by atoms with E-state index in [1.165, 1.54) is 18.2 Å². The lowest BCUT2D eigenvalue weighted by atomic mass is 10.3. The molecule has 0 aliphatic rings. The second-order valence-corrected chi connectivity index (χ2v) is 3.72. The van der Waals surface area contributed by atoms with Gasteiger partial charge in [-0.05, 0) is 24.3 Å². The average molecular weight is 257 g/mol. The molecule has 0 bridgehead atoms. The number of aromatic carboxylic acids is 1. The quantitative estimate of drug-likeness (QED) is 0.855. The molecule has 2 aromatic rings. The van der Waals surface area contributed by atoms with Crippen LogP contribution in [0.1, 0.15) is 26.7 Å². The predicted molar refractivity (Wildman–Crippen MR) is 66.6 cm³/mol. The molecule has 2 heterocycles. The van der Waals surface area contributed by atoms with E-state index in [4.69, 9.17) is 5.11 Å².